The summed E-state index contributed by atoms with van der Waals surface area (Å²) in [6, 6.07) is 11.4. The number of hydrogen-bond donors (Lipinski definition) is 1. The molecule has 1 aromatic carbocycles. The van der Waals surface area contributed by atoms with Crippen LogP contribution in [0.3, 0.4) is 0 Å². The zero-order valence-corrected chi connectivity index (χ0v) is 20.7. The van der Waals surface area contributed by atoms with E-state index in [0.717, 1.165) is 21.8 Å². The molecule has 0 aliphatic carbocycles. The first-order valence-corrected chi connectivity index (χ1v) is 12.2. The molecule has 2 fully saturated rings. The normalized spacial score (nSPS) is 17.9. The van der Waals surface area contributed by atoms with Crippen molar-refractivity contribution in [2.45, 2.75) is 0 Å². The molecule has 4 rings (SSSR count). The molecule has 0 bridgehead atoms. The number of carbonyl (C=O) groups excluding carboxylic acids is 3. The third-order valence-corrected chi connectivity index (χ3v) is 7.26. The van der Waals surface area contributed by atoms with E-state index >= 15 is 0 Å². The lowest BCUT2D eigenvalue weighted by Crippen LogP contribution is -2.53. The highest BCUT2D eigenvalue weighted by atomic mass is 79.9. The van der Waals surface area contributed by atoms with Crippen molar-refractivity contribution in [3.63, 3.8) is 0 Å². The first kappa shape index (κ1) is 23.7. The first-order valence-electron chi connectivity index (χ1n) is 10.2. The average Bonchev–Trinajstić information content (AvgIpc) is 3.39. The summed E-state index contributed by atoms with van der Waals surface area (Å²) in [5, 5.41) is 0. The number of halogens is 1. The second kappa shape index (κ2) is 10.2. The number of nitrogens with two attached hydrogens (primary N) is 1. The van der Waals surface area contributed by atoms with Gasteiger partial charge in [0.1, 0.15) is 22.4 Å². The van der Waals surface area contributed by atoms with Gasteiger partial charge >= 0.3 is 0 Å². The summed E-state index contributed by atoms with van der Waals surface area (Å²) in [6.07, 6.45) is 1.64. The molecule has 0 spiro atoms. The predicted molar refractivity (Wildman–Crippen MR) is 134 cm³/mol. The van der Waals surface area contributed by atoms with Gasteiger partial charge in [-0.3, -0.25) is 19.3 Å². The van der Waals surface area contributed by atoms with Gasteiger partial charge in [0.05, 0.1) is 11.4 Å². The quantitative estimate of drug-likeness (QED) is 0.452. The summed E-state index contributed by atoms with van der Waals surface area (Å²) < 4.78 is 7.17. The summed E-state index contributed by atoms with van der Waals surface area (Å²) in [5.41, 5.74) is 6.32. The Bertz CT molecular complexity index is 1120. The highest BCUT2D eigenvalue weighted by molar-refractivity contribution is 9.10. The average molecular weight is 549 g/mol. The number of benzene rings is 1. The minimum Gasteiger partial charge on any atom is -0.457 e. The zero-order chi connectivity index (χ0) is 23.5. The molecule has 2 aliphatic rings. The Morgan fingerprint density at radius 3 is 2.33 bits per heavy atom. The molecule has 0 radical (unpaired) electrons. The van der Waals surface area contributed by atoms with Gasteiger partial charge in [0.2, 0.25) is 11.8 Å². The fourth-order valence-corrected chi connectivity index (χ4v) is 5.03. The lowest BCUT2D eigenvalue weighted by atomic mass is 10.2. The summed E-state index contributed by atoms with van der Waals surface area (Å²) >= 11 is 9.90. The smallest absolute Gasteiger partial charge is 0.266 e. The van der Waals surface area contributed by atoms with E-state index in [2.05, 4.69) is 15.9 Å². The number of amides is 3. The number of thioether (sulfide) groups is 1. The van der Waals surface area contributed by atoms with Crippen LogP contribution in [0.5, 0.6) is 0 Å². The minimum absolute atomic E-state index is 0.0445. The highest BCUT2D eigenvalue weighted by Crippen LogP contribution is 2.33. The molecule has 0 saturated carbocycles. The van der Waals surface area contributed by atoms with Crippen LogP contribution in [0.25, 0.3) is 17.4 Å². The maximum Gasteiger partial charge on any atom is 0.266 e. The van der Waals surface area contributed by atoms with Crippen molar-refractivity contribution in [1.29, 1.82) is 0 Å². The molecule has 3 heterocycles. The van der Waals surface area contributed by atoms with Crippen molar-refractivity contribution in [2.24, 2.45) is 5.73 Å². The van der Waals surface area contributed by atoms with E-state index in [-0.39, 0.29) is 30.8 Å². The molecule has 2 aromatic rings. The van der Waals surface area contributed by atoms with Gasteiger partial charge in [-0.25, -0.2) is 0 Å². The van der Waals surface area contributed by atoms with Crippen LogP contribution in [0.4, 0.5) is 0 Å². The molecule has 0 unspecified atom stereocenters. The molecule has 8 nitrogen and oxygen atoms in total. The second-order valence-corrected chi connectivity index (χ2v) is 10.0. The number of carbonyl (C=O) groups is 3. The van der Waals surface area contributed by atoms with Crippen LogP contribution in [0, 0.1) is 0 Å². The SMILES string of the molecule is NCC(=O)N1CCN(C(=O)CN2C(=O)/C(=C\c3ccc(-c4ccc(Br)cc4)o3)SC2=S)CC1. The van der Waals surface area contributed by atoms with Crippen molar-refractivity contribution in [1.82, 2.24) is 14.7 Å². The largest absolute Gasteiger partial charge is 0.457 e. The van der Waals surface area contributed by atoms with Crippen molar-refractivity contribution >= 4 is 68.0 Å². The Labute approximate surface area is 208 Å². The number of rotatable bonds is 5. The summed E-state index contributed by atoms with van der Waals surface area (Å²) in [7, 11) is 0. The maximum atomic E-state index is 12.9. The third-order valence-electron chi connectivity index (χ3n) is 5.36. The zero-order valence-electron chi connectivity index (χ0n) is 17.5. The Morgan fingerprint density at radius 2 is 1.70 bits per heavy atom. The van der Waals surface area contributed by atoms with Gasteiger partial charge in [0.25, 0.3) is 5.91 Å². The monoisotopic (exact) mass is 548 g/mol. The van der Waals surface area contributed by atoms with E-state index in [4.69, 9.17) is 22.4 Å². The molecule has 2 aliphatic heterocycles. The number of nitrogens with zero attached hydrogens (tertiary/aromatic N) is 3. The number of furan rings is 1. The van der Waals surface area contributed by atoms with Gasteiger partial charge < -0.3 is 20.0 Å². The second-order valence-electron chi connectivity index (χ2n) is 7.44. The molecule has 3 amide bonds. The van der Waals surface area contributed by atoms with Gasteiger partial charge in [-0.05, 0) is 24.3 Å². The van der Waals surface area contributed by atoms with Gasteiger partial charge in [-0.1, -0.05) is 52.0 Å². The topological polar surface area (TPSA) is 100 Å². The van der Waals surface area contributed by atoms with E-state index in [0.29, 0.717) is 46.9 Å². The van der Waals surface area contributed by atoms with E-state index in [1.807, 2.05) is 30.3 Å². The summed E-state index contributed by atoms with van der Waals surface area (Å²) in [5.74, 6) is 0.553. The molecule has 1 aromatic heterocycles. The van der Waals surface area contributed by atoms with Crippen molar-refractivity contribution in [3.05, 3.63) is 51.5 Å². The molecule has 11 heteroatoms. The fraction of sp³-hybridized carbons (Fsp3) is 0.273. The molecular formula is C22H21BrN4O4S2. The molecular weight excluding hydrogens is 528 g/mol. The highest BCUT2D eigenvalue weighted by Gasteiger charge is 2.35. The predicted octanol–water partition coefficient (Wildman–Crippen LogP) is 2.54. The van der Waals surface area contributed by atoms with Crippen LogP contribution in [0.1, 0.15) is 5.76 Å². The van der Waals surface area contributed by atoms with Gasteiger partial charge in [0, 0.05) is 42.3 Å². The number of piperazine rings is 1. The molecule has 172 valence electrons. The van der Waals surface area contributed by atoms with Crippen LogP contribution >= 0.6 is 39.9 Å². The first-order chi connectivity index (χ1) is 15.9. The molecule has 0 atom stereocenters. The summed E-state index contributed by atoms with van der Waals surface area (Å²) in [4.78, 5) is 42.3. The molecule has 2 N–H and O–H groups in total. The number of thiocarbonyl (C=S) groups is 1. The van der Waals surface area contributed by atoms with Crippen molar-refractivity contribution in [3.8, 4) is 11.3 Å². The standard InChI is InChI=1S/C22H21BrN4O4S2/c23-15-3-1-14(2-4-15)17-6-5-16(31-17)11-18-21(30)27(22(32)33-18)13-20(29)26-9-7-25(8-10-26)19(28)12-24/h1-6,11H,7-10,12-13,24H2/b18-11+. The Kier molecular flexibility index (Phi) is 7.32. The summed E-state index contributed by atoms with van der Waals surface area (Å²) in [6.45, 7) is 1.49. The van der Waals surface area contributed by atoms with Crippen LogP contribution in [-0.2, 0) is 14.4 Å². The van der Waals surface area contributed by atoms with E-state index in [1.165, 1.54) is 4.90 Å². The van der Waals surface area contributed by atoms with Gasteiger partial charge in [0.15, 0.2) is 0 Å². The van der Waals surface area contributed by atoms with E-state index < -0.39 is 0 Å². The Morgan fingerprint density at radius 1 is 1.06 bits per heavy atom. The van der Waals surface area contributed by atoms with Crippen LogP contribution in [0.15, 0.2) is 50.2 Å². The van der Waals surface area contributed by atoms with Gasteiger partial charge in [-0.15, -0.1) is 0 Å². The maximum absolute atomic E-state index is 12.9. The van der Waals surface area contributed by atoms with Crippen molar-refractivity contribution in [2.75, 3.05) is 39.3 Å². The molecule has 33 heavy (non-hydrogen) atoms. The third kappa shape index (κ3) is 5.37. The van der Waals surface area contributed by atoms with E-state index in [1.54, 1.807) is 21.9 Å². The Hall–Kier alpha value is -2.47. The minimum atomic E-state index is -0.322. The van der Waals surface area contributed by atoms with Crippen LogP contribution in [-0.4, -0.2) is 76.0 Å². The molecule has 2 saturated heterocycles. The lowest BCUT2D eigenvalue weighted by molar-refractivity contribution is -0.140. The van der Waals surface area contributed by atoms with Crippen molar-refractivity contribution < 1.29 is 18.8 Å². The Balaban J connectivity index is 1.39. The van der Waals surface area contributed by atoms with E-state index in [9.17, 15) is 14.4 Å². The lowest BCUT2D eigenvalue weighted by Gasteiger charge is -2.35. The fourth-order valence-electron chi connectivity index (χ4n) is 3.53. The van der Waals surface area contributed by atoms with Crippen LogP contribution < -0.4 is 5.73 Å². The van der Waals surface area contributed by atoms with Gasteiger partial charge in [-0.2, -0.15) is 0 Å². The number of hydrogen-bond acceptors (Lipinski definition) is 7. The van der Waals surface area contributed by atoms with Crippen LogP contribution in [0.2, 0.25) is 0 Å².